The Morgan fingerprint density at radius 1 is 1.05 bits per heavy atom. The van der Waals surface area contributed by atoms with E-state index < -0.39 is 15.8 Å². The fraction of sp³-hybridized carbons (Fsp3) is 0.429. The van der Waals surface area contributed by atoms with Gasteiger partial charge in [0.25, 0.3) is 0 Å². The van der Waals surface area contributed by atoms with Gasteiger partial charge in [0.1, 0.15) is 0 Å². The highest BCUT2D eigenvalue weighted by Crippen LogP contribution is 2.10. The molecule has 0 saturated carbocycles. The van der Waals surface area contributed by atoms with Crippen molar-refractivity contribution in [3.63, 3.8) is 0 Å². The number of carboxylic acid groups (broad SMARTS) is 1. The fourth-order valence-electron chi connectivity index (χ4n) is 1.69. The first kappa shape index (κ1) is 17.2. The molecule has 0 heterocycles. The number of benzene rings is 1. The Morgan fingerprint density at radius 2 is 1.71 bits per heavy atom. The van der Waals surface area contributed by atoms with Gasteiger partial charge in [0, 0.05) is 19.4 Å². The van der Waals surface area contributed by atoms with Gasteiger partial charge >= 0.3 is 5.97 Å². The van der Waals surface area contributed by atoms with Crippen LogP contribution in [0.25, 0.3) is 0 Å². The Kier molecular flexibility index (Phi) is 6.87. The molecular formula is C14H19NO5S. The molecule has 0 aliphatic rings. The number of amides is 1. The van der Waals surface area contributed by atoms with E-state index >= 15 is 0 Å². The molecule has 1 amide bonds. The molecule has 0 spiro atoms. The molecule has 1 aromatic rings. The van der Waals surface area contributed by atoms with Crippen LogP contribution in [-0.2, 0) is 19.4 Å². The summed E-state index contributed by atoms with van der Waals surface area (Å²) in [7, 11) is -3.44. The van der Waals surface area contributed by atoms with Crippen LogP contribution in [0.5, 0.6) is 0 Å². The van der Waals surface area contributed by atoms with Crippen molar-refractivity contribution in [3.8, 4) is 0 Å². The van der Waals surface area contributed by atoms with Crippen molar-refractivity contribution >= 4 is 21.7 Å². The molecule has 1 rings (SSSR count). The quantitative estimate of drug-likeness (QED) is 0.668. The summed E-state index contributed by atoms with van der Waals surface area (Å²) >= 11 is 0. The maximum atomic E-state index is 11.9. The molecule has 116 valence electrons. The predicted molar refractivity (Wildman–Crippen MR) is 77.6 cm³/mol. The molecule has 0 unspecified atom stereocenters. The third kappa shape index (κ3) is 6.89. The predicted octanol–water partition coefficient (Wildman–Crippen LogP) is 1.22. The summed E-state index contributed by atoms with van der Waals surface area (Å²) in [5.74, 6) is -1.45. The van der Waals surface area contributed by atoms with Gasteiger partial charge in [0.2, 0.25) is 5.91 Å². The average molecular weight is 313 g/mol. The van der Waals surface area contributed by atoms with E-state index in [-0.39, 0.29) is 29.4 Å². The summed E-state index contributed by atoms with van der Waals surface area (Å²) in [5, 5.41) is 11.0. The van der Waals surface area contributed by atoms with E-state index in [2.05, 4.69) is 5.32 Å². The number of hydrogen-bond acceptors (Lipinski definition) is 4. The smallest absolute Gasteiger partial charge is 0.303 e. The molecule has 6 nitrogen and oxygen atoms in total. The number of carbonyl (C=O) groups is 2. The Bertz CT molecular complexity index is 568. The van der Waals surface area contributed by atoms with Gasteiger partial charge in [0.05, 0.1) is 10.6 Å². The number of rotatable bonds is 9. The summed E-state index contributed by atoms with van der Waals surface area (Å²) < 4.78 is 23.9. The third-order valence-electron chi connectivity index (χ3n) is 2.84. The zero-order valence-electron chi connectivity index (χ0n) is 11.6. The number of aliphatic carboxylic acids is 1. The molecule has 0 bridgehead atoms. The summed E-state index contributed by atoms with van der Waals surface area (Å²) in [6.45, 7) is 0.359. The van der Waals surface area contributed by atoms with E-state index in [1.54, 1.807) is 18.2 Å². The second kappa shape index (κ2) is 8.41. The topological polar surface area (TPSA) is 101 Å². The highest BCUT2D eigenvalue weighted by atomic mass is 32.2. The molecule has 0 atom stereocenters. The van der Waals surface area contributed by atoms with E-state index in [9.17, 15) is 18.0 Å². The number of carbonyl (C=O) groups excluding carboxylic acids is 1. The van der Waals surface area contributed by atoms with Crippen LogP contribution in [0, 0.1) is 0 Å². The lowest BCUT2D eigenvalue weighted by Crippen LogP contribution is -2.26. The molecule has 7 heteroatoms. The van der Waals surface area contributed by atoms with Gasteiger partial charge in [-0.25, -0.2) is 8.42 Å². The minimum absolute atomic E-state index is 0.0677. The van der Waals surface area contributed by atoms with Gasteiger partial charge in [-0.05, 0) is 25.0 Å². The van der Waals surface area contributed by atoms with E-state index in [1.807, 2.05) is 0 Å². The average Bonchev–Trinajstić information content (AvgIpc) is 2.45. The number of carboxylic acids is 1. The van der Waals surface area contributed by atoms with E-state index in [0.29, 0.717) is 19.4 Å². The van der Waals surface area contributed by atoms with Gasteiger partial charge < -0.3 is 10.4 Å². The van der Waals surface area contributed by atoms with Gasteiger partial charge in [-0.3, -0.25) is 9.59 Å². The van der Waals surface area contributed by atoms with Gasteiger partial charge in [-0.1, -0.05) is 18.2 Å². The molecule has 0 aliphatic heterocycles. The second-order valence-corrected chi connectivity index (χ2v) is 6.69. The minimum atomic E-state index is -3.44. The van der Waals surface area contributed by atoms with Crippen LogP contribution in [0.1, 0.15) is 25.7 Å². The van der Waals surface area contributed by atoms with Crippen molar-refractivity contribution in [2.24, 2.45) is 0 Å². The van der Waals surface area contributed by atoms with E-state index in [1.165, 1.54) is 12.1 Å². The van der Waals surface area contributed by atoms with Crippen molar-refractivity contribution < 1.29 is 23.1 Å². The maximum absolute atomic E-state index is 11.9. The Hall–Kier alpha value is -1.89. The van der Waals surface area contributed by atoms with Crippen molar-refractivity contribution in [3.05, 3.63) is 30.3 Å². The zero-order chi connectivity index (χ0) is 15.7. The highest BCUT2D eigenvalue weighted by Gasteiger charge is 2.15. The van der Waals surface area contributed by atoms with Crippen LogP contribution in [-0.4, -0.2) is 37.7 Å². The fourth-order valence-corrected chi connectivity index (χ4v) is 2.95. The Balaban J connectivity index is 2.28. The van der Waals surface area contributed by atoms with Gasteiger partial charge in [0.15, 0.2) is 9.84 Å². The normalized spacial score (nSPS) is 11.0. The standard InChI is InChI=1S/C14H19NO5S/c16-13(15-10-5-4-8-14(17)18)9-11-21(19,20)12-6-2-1-3-7-12/h1-3,6-7H,4-5,8-11H2,(H,15,16)(H,17,18). The van der Waals surface area contributed by atoms with Crippen molar-refractivity contribution in [2.75, 3.05) is 12.3 Å². The largest absolute Gasteiger partial charge is 0.481 e. The van der Waals surface area contributed by atoms with Crippen LogP contribution in [0.2, 0.25) is 0 Å². The first-order valence-corrected chi connectivity index (χ1v) is 8.33. The molecule has 0 saturated heterocycles. The first-order chi connectivity index (χ1) is 9.92. The molecule has 0 aromatic heterocycles. The lowest BCUT2D eigenvalue weighted by molar-refractivity contribution is -0.137. The SMILES string of the molecule is O=C(O)CCCCNC(=O)CCS(=O)(=O)c1ccccc1. The van der Waals surface area contributed by atoms with Gasteiger partial charge in [-0.15, -0.1) is 0 Å². The first-order valence-electron chi connectivity index (χ1n) is 6.68. The monoisotopic (exact) mass is 313 g/mol. The van der Waals surface area contributed by atoms with Crippen molar-refractivity contribution in [1.29, 1.82) is 0 Å². The van der Waals surface area contributed by atoms with E-state index in [4.69, 9.17) is 5.11 Å². The summed E-state index contributed by atoms with van der Waals surface area (Å²) in [4.78, 5) is 22.0. The van der Waals surface area contributed by atoms with Gasteiger partial charge in [-0.2, -0.15) is 0 Å². The maximum Gasteiger partial charge on any atom is 0.303 e. The minimum Gasteiger partial charge on any atom is -0.481 e. The van der Waals surface area contributed by atoms with Crippen LogP contribution < -0.4 is 5.32 Å². The summed E-state index contributed by atoms with van der Waals surface area (Å²) in [6.07, 6.45) is 1.01. The molecular weight excluding hydrogens is 294 g/mol. The van der Waals surface area contributed by atoms with Crippen LogP contribution >= 0.6 is 0 Å². The summed E-state index contributed by atoms with van der Waals surface area (Å²) in [6, 6.07) is 7.99. The Morgan fingerprint density at radius 3 is 2.33 bits per heavy atom. The van der Waals surface area contributed by atoms with Crippen molar-refractivity contribution in [2.45, 2.75) is 30.6 Å². The Labute approximate surface area is 124 Å². The molecule has 21 heavy (non-hydrogen) atoms. The number of nitrogens with one attached hydrogen (secondary N) is 1. The lowest BCUT2D eigenvalue weighted by atomic mass is 10.2. The molecule has 0 aliphatic carbocycles. The summed E-state index contributed by atoms with van der Waals surface area (Å²) in [5.41, 5.74) is 0. The number of hydrogen-bond donors (Lipinski definition) is 2. The molecule has 1 aromatic carbocycles. The molecule has 0 radical (unpaired) electrons. The van der Waals surface area contributed by atoms with Crippen molar-refractivity contribution in [1.82, 2.24) is 5.32 Å². The highest BCUT2D eigenvalue weighted by molar-refractivity contribution is 7.91. The van der Waals surface area contributed by atoms with Crippen LogP contribution in [0.3, 0.4) is 0 Å². The zero-order valence-corrected chi connectivity index (χ0v) is 12.4. The molecule has 0 fully saturated rings. The van der Waals surface area contributed by atoms with Crippen LogP contribution in [0.15, 0.2) is 35.2 Å². The van der Waals surface area contributed by atoms with Crippen LogP contribution in [0.4, 0.5) is 0 Å². The second-order valence-electron chi connectivity index (χ2n) is 4.58. The third-order valence-corrected chi connectivity index (χ3v) is 4.57. The number of unbranched alkanes of at least 4 members (excludes halogenated alkanes) is 1. The molecule has 2 N–H and O–H groups in total. The van der Waals surface area contributed by atoms with E-state index in [0.717, 1.165) is 0 Å². The number of sulfone groups is 1. The lowest BCUT2D eigenvalue weighted by Gasteiger charge is -2.06.